The number of rotatable bonds is 3. The second kappa shape index (κ2) is 6.01. The maximum atomic E-state index is 2.36. The monoisotopic (exact) mass is 248 g/mol. The molecule has 0 bridgehead atoms. The zero-order valence-corrected chi connectivity index (χ0v) is 13.5. The van der Waals surface area contributed by atoms with Crippen molar-refractivity contribution in [3.05, 3.63) is 70.3 Å². The molecular formula is C15H17NaSi. The minimum absolute atomic E-state index is 0. The van der Waals surface area contributed by atoms with Crippen LogP contribution in [0, 0.1) is 0 Å². The zero-order chi connectivity index (χ0) is 10.8. The molecule has 3 aliphatic rings. The Labute approximate surface area is 129 Å². The van der Waals surface area contributed by atoms with E-state index in [0.29, 0.717) is 0 Å². The Morgan fingerprint density at radius 2 is 1.06 bits per heavy atom. The number of allylic oxidation sites excluding steroid dienone is 12. The number of hydrogen-bond acceptors (Lipinski definition) is 0. The molecule has 0 amide bonds. The van der Waals surface area contributed by atoms with Crippen LogP contribution in [0.4, 0.5) is 0 Å². The summed E-state index contributed by atoms with van der Waals surface area (Å²) in [5.74, 6) is 0. The molecule has 3 aliphatic carbocycles. The van der Waals surface area contributed by atoms with Gasteiger partial charge in [-0.15, -0.1) is 0 Å². The molecule has 0 nitrogen and oxygen atoms in total. The smallest absolute Gasteiger partial charge is 1.00 e. The summed E-state index contributed by atoms with van der Waals surface area (Å²) >= 11 is 0. The molecule has 0 unspecified atom stereocenters. The van der Waals surface area contributed by atoms with Gasteiger partial charge in [0.25, 0.3) is 0 Å². The molecule has 0 fully saturated rings. The molecule has 0 saturated carbocycles. The zero-order valence-electron chi connectivity index (χ0n) is 11.4. The predicted molar refractivity (Wildman–Crippen MR) is 73.8 cm³/mol. The van der Waals surface area contributed by atoms with Crippen LogP contribution in [0.1, 0.15) is 20.7 Å². The van der Waals surface area contributed by atoms with Gasteiger partial charge in [0.1, 0.15) is 8.80 Å². The van der Waals surface area contributed by atoms with E-state index in [9.17, 15) is 0 Å². The van der Waals surface area contributed by atoms with Crippen LogP contribution in [-0.2, 0) is 0 Å². The molecule has 17 heavy (non-hydrogen) atoms. The molecule has 82 valence electrons. The summed E-state index contributed by atoms with van der Waals surface area (Å²) < 4.78 is 0. The van der Waals surface area contributed by atoms with Crippen LogP contribution >= 0.6 is 0 Å². The van der Waals surface area contributed by atoms with Crippen LogP contribution in [0.3, 0.4) is 0 Å². The average molecular weight is 248 g/mol. The van der Waals surface area contributed by atoms with E-state index in [0.717, 1.165) is 0 Å². The van der Waals surface area contributed by atoms with Crippen molar-refractivity contribution in [2.24, 2.45) is 0 Å². The summed E-state index contributed by atoms with van der Waals surface area (Å²) in [5.41, 5.74) is 0. The van der Waals surface area contributed by atoms with Gasteiger partial charge in [-0.3, -0.25) is 0 Å². The van der Waals surface area contributed by atoms with E-state index in [-0.39, 0.29) is 31.0 Å². The van der Waals surface area contributed by atoms with Gasteiger partial charge in [-0.2, -0.15) is 0 Å². The molecule has 0 radical (unpaired) electrons. The summed E-state index contributed by atoms with van der Waals surface area (Å²) in [6.07, 6.45) is 24.2. The van der Waals surface area contributed by atoms with Gasteiger partial charge in [-0.1, -0.05) is 70.3 Å². The molecule has 0 N–H and O–H groups in total. The van der Waals surface area contributed by atoms with Crippen molar-refractivity contribution in [2.75, 3.05) is 0 Å². The molecule has 0 aliphatic heterocycles. The third-order valence-corrected chi connectivity index (χ3v) is 7.02. The normalized spacial score (nSPS) is 20.6. The Morgan fingerprint density at radius 1 is 0.706 bits per heavy atom. The average Bonchev–Trinajstić information content (AvgIpc) is 3.02. The van der Waals surface area contributed by atoms with Gasteiger partial charge >= 0.3 is 29.6 Å². The molecule has 2 heteroatoms. The Balaban J connectivity index is 0.000000810. The van der Waals surface area contributed by atoms with E-state index in [1.165, 1.54) is 19.3 Å². The van der Waals surface area contributed by atoms with Crippen molar-refractivity contribution < 1.29 is 31.0 Å². The van der Waals surface area contributed by atoms with Crippen molar-refractivity contribution >= 4 is 8.80 Å². The molecule has 0 aromatic carbocycles. The Bertz CT molecular complexity index is 409. The Kier molecular flexibility index (Phi) is 4.63. The fourth-order valence-electron chi connectivity index (χ4n) is 2.75. The third kappa shape index (κ3) is 2.74. The first-order valence-electron chi connectivity index (χ1n) is 6.02. The summed E-state index contributed by atoms with van der Waals surface area (Å²) in [6.45, 7) is 0. The Morgan fingerprint density at radius 3 is 1.29 bits per heavy atom. The summed E-state index contributed by atoms with van der Waals surface area (Å²) in [7, 11) is -0.995. The van der Waals surface area contributed by atoms with Crippen LogP contribution in [0.5, 0.6) is 0 Å². The van der Waals surface area contributed by atoms with Gasteiger partial charge in [0.2, 0.25) is 0 Å². The number of hydrogen-bond donors (Lipinski definition) is 0. The van der Waals surface area contributed by atoms with Crippen molar-refractivity contribution in [1.29, 1.82) is 0 Å². The van der Waals surface area contributed by atoms with E-state index in [1.54, 1.807) is 15.6 Å². The van der Waals surface area contributed by atoms with Gasteiger partial charge in [-0.05, 0) is 19.3 Å². The maximum Gasteiger partial charge on any atom is 1.00 e. The first kappa shape index (κ1) is 13.1. The summed E-state index contributed by atoms with van der Waals surface area (Å²) in [4.78, 5) is 0. The topological polar surface area (TPSA) is 0 Å². The molecule has 0 heterocycles. The molecule has 3 rings (SSSR count). The minimum Gasteiger partial charge on any atom is -1.00 e. The van der Waals surface area contributed by atoms with Gasteiger partial charge in [0.15, 0.2) is 0 Å². The van der Waals surface area contributed by atoms with Crippen LogP contribution < -0.4 is 29.6 Å². The van der Waals surface area contributed by atoms with Gasteiger partial charge in [-0.25, -0.2) is 0 Å². The molecular weight excluding hydrogens is 231 g/mol. The van der Waals surface area contributed by atoms with Crippen LogP contribution in [0.25, 0.3) is 0 Å². The Hall–Kier alpha value is -0.343. The summed E-state index contributed by atoms with van der Waals surface area (Å²) in [5, 5.41) is 5.10. The van der Waals surface area contributed by atoms with E-state index in [2.05, 4.69) is 54.7 Å². The van der Waals surface area contributed by atoms with E-state index in [1.807, 2.05) is 0 Å². The molecule has 0 saturated heterocycles. The molecule has 0 aromatic rings. The van der Waals surface area contributed by atoms with Gasteiger partial charge < -0.3 is 1.43 Å². The first-order valence-corrected chi connectivity index (χ1v) is 7.75. The standard InChI is InChI=1S/C15H16Si.Na.H/c1-2-8-13(7-1)16(14-9-3-4-10-14)15-11-5-6-12-15;;/h1-7,9,11,16H,8,10,12H2;;/q;+1;-1. The van der Waals surface area contributed by atoms with Crippen molar-refractivity contribution in [3.63, 3.8) is 0 Å². The van der Waals surface area contributed by atoms with Crippen LogP contribution in [0.15, 0.2) is 70.3 Å². The second-order valence-corrected chi connectivity index (χ2v) is 7.65. The summed E-state index contributed by atoms with van der Waals surface area (Å²) in [6, 6.07) is 0. The predicted octanol–water partition coefficient (Wildman–Crippen LogP) is 0.606. The van der Waals surface area contributed by atoms with Crippen molar-refractivity contribution in [2.45, 2.75) is 19.3 Å². The van der Waals surface area contributed by atoms with Crippen LogP contribution in [-0.4, -0.2) is 8.80 Å². The quantitative estimate of drug-likeness (QED) is 0.642. The largest absolute Gasteiger partial charge is 1.00 e. The molecule has 0 spiro atoms. The maximum absolute atomic E-state index is 2.36. The molecule has 0 atom stereocenters. The van der Waals surface area contributed by atoms with Gasteiger partial charge in [0, 0.05) is 0 Å². The van der Waals surface area contributed by atoms with Gasteiger partial charge in [0.05, 0.1) is 0 Å². The van der Waals surface area contributed by atoms with Crippen molar-refractivity contribution in [1.82, 2.24) is 0 Å². The van der Waals surface area contributed by atoms with Crippen LogP contribution in [0.2, 0.25) is 0 Å². The third-order valence-electron chi connectivity index (χ3n) is 3.51. The fourth-order valence-corrected chi connectivity index (χ4v) is 6.20. The van der Waals surface area contributed by atoms with E-state index < -0.39 is 8.80 Å². The first-order chi connectivity index (χ1) is 7.95. The SMILES string of the molecule is C1=CCC([SiH](C2=CC=CC2)C2=CC=CC2)=C1.[H-].[Na+]. The fraction of sp³-hybridized carbons (Fsp3) is 0.200. The van der Waals surface area contributed by atoms with E-state index in [4.69, 9.17) is 0 Å². The minimum atomic E-state index is -0.995. The second-order valence-electron chi connectivity index (χ2n) is 4.55. The van der Waals surface area contributed by atoms with Crippen molar-refractivity contribution in [3.8, 4) is 0 Å². The molecule has 0 aromatic heterocycles. The van der Waals surface area contributed by atoms with E-state index >= 15 is 0 Å².